The minimum Gasteiger partial charge on any atom is -0.307 e. The molecule has 1 aliphatic carbocycles. The molecule has 0 radical (unpaired) electrons. The molecule has 2 nitrogen and oxygen atoms in total. The van der Waals surface area contributed by atoms with Gasteiger partial charge in [0.1, 0.15) is 9.68 Å². The number of benzene rings is 1. The number of rotatable bonds is 3. The molecule has 1 saturated heterocycles. The van der Waals surface area contributed by atoms with Crippen LogP contribution in [-0.4, -0.2) is 43.9 Å². The second kappa shape index (κ2) is 5.62. The Morgan fingerprint density at radius 3 is 2.64 bits per heavy atom. The fraction of sp³-hybridized carbons (Fsp3) is 0.579. The maximum atomic E-state index is 2.87. The van der Waals surface area contributed by atoms with Gasteiger partial charge in [0.15, 0.2) is 0 Å². The highest BCUT2D eigenvalue weighted by Crippen LogP contribution is 2.38. The van der Waals surface area contributed by atoms with Crippen LogP contribution in [0.3, 0.4) is 0 Å². The molecule has 3 heteroatoms. The lowest BCUT2D eigenvalue weighted by Crippen LogP contribution is -2.62. The van der Waals surface area contributed by atoms with Crippen molar-refractivity contribution in [2.75, 3.05) is 13.6 Å². The molecule has 120 valence electrons. The number of fused-ring (bicyclic) bond motifs is 1. The average Bonchev–Trinajstić information content (AvgIpc) is 3.00. The standard InChI is InChI=1S/C19H30N2Si/c1-18(2,3)21(19(4)13-8-14-20(19)5)22-17-12-11-15-9-6-7-10-16(15)17/h6-7,9-12,17H,8,13-14,22H2,1-5H3. The molecule has 0 bridgehead atoms. The van der Waals surface area contributed by atoms with Crippen LogP contribution in [0.4, 0.5) is 0 Å². The van der Waals surface area contributed by atoms with Crippen molar-refractivity contribution in [2.45, 2.75) is 57.3 Å². The van der Waals surface area contributed by atoms with Crippen molar-refractivity contribution in [3.8, 4) is 0 Å². The van der Waals surface area contributed by atoms with E-state index in [-0.39, 0.29) is 11.2 Å². The summed E-state index contributed by atoms with van der Waals surface area (Å²) in [5.41, 5.74) is 4.09. The van der Waals surface area contributed by atoms with E-state index in [0.29, 0.717) is 5.54 Å². The summed E-state index contributed by atoms with van der Waals surface area (Å²) in [6.07, 6.45) is 7.40. The molecule has 0 saturated carbocycles. The molecular formula is C19H30N2Si. The van der Waals surface area contributed by atoms with Crippen LogP contribution in [0.15, 0.2) is 30.3 Å². The van der Waals surface area contributed by atoms with E-state index >= 15 is 0 Å². The van der Waals surface area contributed by atoms with Gasteiger partial charge >= 0.3 is 0 Å². The molecule has 0 N–H and O–H groups in total. The van der Waals surface area contributed by atoms with Crippen LogP contribution in [0, 0.1) is 0 Å². The van der Waals surface area contributed by atoms with Crippen molar-refractivity contribution in [2.24, 2.45) is 0 Å². The van der Waals surface area contributed by atoms with Gasteiger partial charge in [0.05, 0.1) is 5.66 Å². The third-order valence-electron chi connectivity index (χ3n) is 5.64. The number of nitrogens with zero attached hydrogens (tertiary/aromatic N) is 2. The van der Waals surface area contributed by atoms with Crippen molar-refractivity contribution in [3.63, 3.8) is 0 Å². The number of hydrogen-bond donors (Lipinski definition) is 0. The Morgan fingerprint density at radius 1 is 1.27 bits per heavy atom. The van der Waals surface area contributed by atoms with E-state index in [4.69, 9.17) is 0 Å². The fourth-order valence-corrected chi connectivity index (χ4v) is 6.86. The molecule has 1 aromatic rings. The zero-order chi connectivity index (χ0) is 16.0. The second-order valence-electron chi connectivity index (χ2n) is 8.12. The summed E-state index contributed by atoms with van der Waals surface area (Å²) in [4.78, 5) is 2.58. The highest BCUT2D eigenvalue weighted by molar-refractivity contribution is 6.36. The van der Waals surface area contributed by atoms with Gasteiger partial charge < -0.3 is 4.57 Å². The zero-order valence-corrected chi connectivity index (χ0v) is 16.2. The molecule has 2 atom stereocenters. The second-order valence-corrected chi connectivity index (χ2v) is 10.00. The monoisotopic (exact) mass is 314 g/mol. The summed E-state index contributed by atoms with van der Waals surface area (Å²) in [5.74, 6) is 0. The quantitative estimate of drug-likeness (QED) is 0.789. The summed E-state index contributed by atoms with van der Waals surface area (Å²) in [6.45, 7) is 10.9. The normalized spacial score (nSPS) is 29.1. The largest absolute Gasteiger partial charge is 0.307 e. The molecule has 0 aromatic heterocycles. The van der Waals surface area contributed by atoms with Gasteiger partial charge in [-0.05, 0) is 65.3 Å². The molecule has 0 amide bonds. The van der Waals surface area contributed by atoms with Crippen LogP contribution < -0.4 is 0 Å². The first-order chi connectivity index (χ1) is 10.3. The van der Waals surface area contributed by atoms with Gasteiger partial charge in [0.2, 0.25) is 0 Å². The molecule has 1 heterocycles. The summed E-state index contributed by atoms with van der Waals surface area (Å²) in [5, 5.41) is 0. The van der Waals surface area contributed by atoms with E-state index in [1.807, 2.05) is 0 Å². The molecule has 0 spiro atoms. The number of hydrogen-bond acceptors (Lipinski definition) is 2. The van der Waals surface area contributed by atoms with E-state index in [9.17, 15) is 0 Å². The predicted molar refractivity (Wildman–Crippen MR) is 98.6 cm³/mol. The first-order valence-electron chi connectivity index (χ1n) is 8.58. The summed E-state index contributed by atoms with van der Waals surface area (Å²) < 4.78 is 2.87. The number of likely N-dealkylation sites (tertiary alicyclic amines) is 1. The van der Waals surface area contributed by atoms with Crippen LogP contribution in [-0.2, 0) is 0 Å². The summed E-state index contributed by atoms with van der Waals surface area (Å²) in [6, 6.07) is 8.93. The third kappa shape index (κ3) is 2.70. The Morgan fingerprint density at radius 2 is 2.00 bits per heavy atom. The van der Waals surface area contributed by atoms with Gasteiger partial charge in [-0.2, -0.15) is 0 Å². The van der Waals surface area contributed by atoms with E-state index in [1.54, 1.807) is 5.56 Å². The van der Waals surface area contributed by atoms with Gasteiger partial charge in [-0.15, -0.1) is 0 Å². The highest BCUT2D eigenvalue weighted by Gasteiger charge is 2.44. The van der Waals surface area contributed by atoms with Crippen molar-refractivity contribution in [1.29, 1.82) is 0 Å². The van der Waals surface area contributed by atoms with Gasteiger partial charge in [0, 0.05) is 11.1 Å². The van der Waals surface area contributed by atoms with Crippen molar-refractivity contribution in [3.05, 3.63) is 41.5 Å². The topological polar surface area (TPSA) is 6.48 Å². The highest BCUT2D eigenvalue weighted by atomic mass is 28.2. The van der Waals surface area contributed by atoms with E-state index in [1.165, 1.54) is 24.9 Å². The minimum atomic E-state index is -0.424. The number of allylic oxidation sites excluding steroid dienone is 1. The Labute approximate surface area is 138 Å². The SMILES string of the molecule is CN1CCCC1(C)N([SiH2]C1C=Cc2ccccc21)C(C)(C)C. The van der Waals surface area contributed by atoms with Crippen LogP contribution in [0.25, 0.3) is 6.08 Å². The van der Waals surface area contributed by atoms with Crippen molar-refractivity contribution >= 4 is 15.8 Å². The molecule has 2 aliphatic rings. The van der Waals surface area contributed by atoms with E-state index in [2.05, 4.69) is 80.6 Å². The molecule has 1 fully saturated rings. The van der Waals surface area contributed by atoms with Crippen LogP contribution >= 0.6 is 0 Å². The fourth-order valence-electron chi connectivity index (χ4n) is 4.30. The van der Waals surface area contributed by atoms with Crippen molar-refractivity contribution < 1.29 is 0 Å². The van der Waals surface area contributed by atoms with Gasteiger partial charge in [0.25, 0.3) is 0 Å². The third-order valence-corrected chi connectivity index (χ3v) is 8.74. The maximum absolute atomic E-state index is 2.87. The lowest BCUT2D eigenvalue weighted by Gasteiger charge is -2.51. The van der Waals surface area contributed by atoms with Crippen molar-refractivity contribution in [1.82, 2.24) is 9.47 Å². The van der Waals surface area contributed by atoms with Crippen LogP contribution in [0.5, 0.6) is 0 Å². The molecule has 22 heavy (non-hydrogen) atoms. The molecular weight excluding hydrogens is 284 g/mol. The Kier molecular flexibility index (Phi) is 4.08. The first kappa shape index (κ1) is 16.0. The molecule has 1 aromatic carbocycles. The molecule has 2 unspecified atom stereocenters. The first-order valence-corrected chi connectivity index (χ1v) is 10.0. The van der Waals surface area contributed by atoms with E-state index in [0.717, 1.165) is 0 Å². The van der Waals surface area contributed by atoms with Gasteiger partial charge in [-0.1, -0.05) is 36.4 Å². The smallest absolute Gasteiger partial charge is 0.109 e. The van der Waals surface area contributed by atoms with Gasteiger partial charge in [-0.25, -0.2) is 0 Å². The van der Waals surface area contributed by atoms with E-state index < -0.39 is 9.68 Å². The predicted octanol–water partition coefficient (Wildman–Crippen LogP) is 3.38. The lowest BCUT2D eigenvalue weighted by molar-refractivity contribution is 0.00794. The van der Waals surface area contributed by atoms with Crippen LogP contribution in [0.1, 0.15) is 57.2 Å². The van der Waals surface area contributed by atoms with Gasteiger partial charge in [-0.3, -0.25) is 4.90 Å². The lowest BCUT2D eigenvalue weighted by atomic mass is 10.0. The maximum Gasteiger partial charge on any atom is 0.109 e. The summed E-state index contributed by atoms with van der Waals surface area (Å²) >= 11 is 0. The zero-order valence-electron chi connectivity index (χ0n) is 14.8. The summed E-state index contributed by atoms with van der Waals surface area (Å²) in [7, 11) is 1.88. The minimum absolute atomic E-state index is 0.227. The Hall–Kier alpha value is -0.903. The average molecular weight is 315 g/mol. The van der Waals surface area contributed by atoms with Crippen LogP contribution in [0.2, 0.25) is 0 Å². The Balaban J connectivity index is 1.88. The molecule has 1 aliphatic heterocycles. The Bertz CT molecular complexity index is 575. The molecule has 3 rings (SSSR count).